The van der Waals surface area contributed by atoms with Gasteiger partial charge in [0.15, 0.2) is 11.5 Å². The molecule has 2 aromatic heterocycles. The molecule has 1 amide bonds. The van der Waals surface area contributed by atoms with Crippen LogP contribution in [0.5, 0.6) is 0 Å². The number of amides is 1. The first kappa shape index (κ1) is 13.2. The lowest BCUT2D eigenvalue weighted by Gasteiger charge is -2.05. The first-order valence-corrected chi connectivity index (χ1v) is 6.48. The number of pyridine rings is 1. The Morgan fingerprint density at radius 1 is 1.29 bits per heavy atom. The van der Waals surface area contributed by atoms with E-state index >= 15 is 0 Å². The van der Waals surface area contributed by atoms with Gasteiger partial charge in [0.25, 0.3) is 5.91 Å². The number of carbonyl (C=O) groups excluding carboxylic acids is 1. The molecule has 3 rings (SSSR count). The molecular formula is C15H13FN4O. The van der Waals surface area contributed by atoms with Crippen molar-refractivity contribution in [3.8, 4) is 0 Å². The number of hydrogen-bond donors (Lipinski definition) is 1. The Labute approximate surface area is 120 Å². The largest absolute Gasteiger partial charge is 0.345 e. The predicted molar refractivity (Wildman–Crippen MR) is 75.3 cm³/mol. The second kappa shape index (κ2) is 5.32. The Hall–Kier alpha value is -2.76. The summed E-state index contributed by atoms with van der Waals surface area (Å²) in [5.41, 5.74) is 1.50. The van der Waals surface area contributed by atoms with Crippen LogP contribution in [0.3, 0.4) is 0 Å². The number of carbonyl (C=O) groups is 1. The number of benzene rings is 1. The van der Waals surface area contributed by atoms with Crippen LogP contribution in [0.2, 0.25) is 0 Å². The van der Waals surface area contributed by atoms with Gasteiger partial charge >= 0.3 is 0 Å². The molecule has 1 aromatic carbocycles. The van der Waals surface area contributed by atoms with Gasteiger partial charge < -0.3 is 5.32 Å². The van der Waals surface area contributed by atoms with Crippen molar-refractivity contribution in [1.29, 1.82) is 0 Å². The first-order chi connectivity index (χ1) is 10.1. The second-order valence-electron chi connectivity index (χ2n) is 4.69. The summed E-state index contributed by atoms with van der Waals surface area (Å²) in [5.74, 6) is -0.122. The molecule has 2 heterocycles. The van der Waals surface area contributed by atoms with Gasteiger partial charge in [0.1, 0.15) is 5.82 Å². The van der Waals surface area contributed by atoms with Crippen LogP contribution in [0.25, 0.3) is 5.65 Å². The zero-order chi connectivity index (χ0) is 14.8. The lowest BCUT2D eigenvalue weighted by molar-refractivity contribution is 0.0949. The maximum absolute atomic E-state index is 13.5. The molecule has 0 radical (unpaired) electrons. The molecule has 0 aliphatic heterocycles. The van der Waals surface area contributed by atoms with Gasteiger partial charge in [-0.3, -0.25) is 9.20 Å². The van der Waals surface area contributed by atoms with E-state index in [2.05, 4.69) is 15.5 Å². The molecule has 1 N–H and O–H groups in total. The normalized spacial score (nSPS) is 10.8. The van der Waals surface area contributed by atoms with Crippen molar-refractivity contribution < 1.29 is 9.18 Å². The van der Waals surface area contributed by atoms with Gasteiger partial charge in [0.05, 0.1) is 6.54 Å². The van der Waals surface area contributed by atoms with E-state index < -0.39 is 5.82 Å². The molecule has 21 heavy (non-hydrogen) atoms. The number of hydrogen-bond acceptors (Lipinski definition) is 3. The van der Waals surface area contributed by atoms with Crippen LogP contribution in [0, 0.1) is 12.7 Å². The molecule has 0 fully saturated rings. The lowest BCUT2D eigenvalue weighted by Crippen LogP contribution is -2.24. The summed E-state index contributed by atoms with van der Waals surface area (Å²) in [4.78, 5) is 12.0. The van der Waals surface area contributed by atoms with Gasteiger partial charge in [-0.2, -0.15) is 0 Å². The summed E-state index contributed by atoms with van der Waals surface area (Å²) in [5, 5.41) is 10.7. The molecule has 0 aliphatic carbocycles. The van der Waals surface area contributed by atoms with Crippen LogP contribution in [0.15, 0.2) is 42.6 Å². The van der Waals surface area contributed by atoms with E-state index in [0.717, 1.165) is 0 Å². The van der Waals surface area contributed by atoms with Crippen molar-refractivity contribution in [3.63, 3.8) is 0 Å². The van der Waals surface area contributed by atoms with Crippen molar-refractivity contribution in [3.05, 3.63) is 65.4 Å². The zero-order valence-corrected chi connectivity index (χ0v) is 11.4. The Kier molecular flexibility index (Phi) is 3.35. The monoisotopic (exact) mass is 284 g/mol. The number of aromatic nitrogens is 3. The van der Waals surface area contributed by atoms with E-state index in [1.54, 1.807) is 23.5 Å². The molecule has 5 nitrogen and oxygen atoms in total. The Bertz CT molecular complexity index is 812. The second-order valence-corrected chi connectivity index (χ2v) is 4.69. The quantitative estimate of drug-likeness (QED) is 0.801. The molecule has 3 aromatic rings. The fourth-order valence-corrected chi connectivity index (χ4v) is 2.01. The maximum Gasteiger partial charge on any atom is 0.251 e. The minimum absolute atomic E-state index is 0.222. The highest BCUT2D eigenvalue weighted by Crippen LogP contribution is 2.09. The highest BCUT2D eigenvalue weighted by atomic mass is 19.1. The molecule has 0 bridgehead atoms. The highest BCUT2D eigenvalue weighted by molar-refractivity contribution is 5.94. The molecular weight excluding hydrogens is 271 g/mol. The summed E-state index contributed by atoms with van der Waals surface area (Å²) in [6.45, 7) is 1.87. The van der Waals surface area contributed by atoms with Crippen LogP contribution in [-0.4, -0.2) is 20.5 Å². The van der Waals surface area contributed by atoms with E-state index in [1.807, 2.05) is 24.4 Å². The summed E-state index contributed by atoms with van der Waals surface area (Å²) < 4.78 is 15.2. The molecule has 6 heteroatoms. The van der Waals surface area contributed by atoms with Gasteiger partial charge in [0.2, 0.25) is 0 Å². The standard InChI is InChI=1S/C15H13FN4O/c1-10-5-6-11(8-12(10)16)15(21)17-9-14-19-18-13-4-2-3-7-20(13)14/h2-8H,9H2,1H3,(H,17,21). The molecule has 0 spiro atoms. The van der Waals surface area contributed by atoms with Gasteiger partial charge in [-0.25, -0.2) is 4.39 Å². The predicted octanol–water partition coefficient (Wildman–Crippen LogP) is 2.11. The zero-order valence-electron chi connectivity index (χ0n) is 11.4. The number of aryl methyl sites for hydroxylation is 1. The third-order valence-electron chi connectivity index (χ3n) is 3.23. The summed E-state index contributed by atoms with van der Waals surface area (Å²) in [6.07, 6.45) is 1.82. The van der Waals surface area contributed by atoms with Crippen molar-refractivity contribution in [2.45, 2.75) is 13.5 Å². The number of fused-ring (bicyclic) bond motifs is 1. The number of nitrogens with one attached hydrogen (secondary N) is 1. The number of nitrogens with zero attached hydrogens (tertiary/aromatic N) is 3. The molecule has 0 atom stereocenters. The van der Waals surface area contributed by atoms with Crippen molar-refractivity contribution in [1.82, 2.24) is 19.9 Å². The van der Waals surface area contributed by atoms with E-state index in [4.69, 9.17) is 0 Å². The van der Waals surface area contributed by atoms with Crippen LogP contribution >= 0.6 is 0 Å². The fourth-order valence-electron chi connectivity index (χ4n) is 2.01. The van der Waals surface area contributed by atoms with Crippen LogP contribution in [0.1, 0.15) is 21.7 Å². The van der Waals surface area contributed by atoms with Gasteiger partial charge in [-0.1, -0.05) is 12.1 Å². The van der Waals surface area contributed by atoms with Crippen LogP contribution in [-0.2, 0) is 6.54 Å². The number of rotatable bonds is 3. The van der Waals surface area contributed by atoms with E-state index in [-0.39, 0.29) is 18.0 Å². The first-order valence-electron chi connectivity index (χ1n) is 6.48. The molecule has 0 aliphatic rings. The minimum Gasteiger partial charge on any atom is -0.345 e. The van der Waals surface area contributed by atoms with Crippen molar-refractivity contribution in [2.75, 3.05) is 0 Å². The lowest BCUT2D eigenvalue weighted by atomic mass is 10.1. The fraction of sp³-hybridized carbons (Fsp3) is 0.133. The van der Waals surface area contributed by atoms with Crippen LogP contribution < -0.4 is 5.32 Å². The minimum atomic E-state index is -0.393. The average Bonchev–Trinajstić information content (AvgIpc) is 2.91. The van der Waals surface area contributed by atoms with E-state index in [1.165, 1.54) is 6.07 Å². The molecule has 0 saturated heterocycles. The van der Waals surface area contributed by atoms with E-state index in [9.17, 15) is 9.18 Å². The average molecular weight is 284 g/mol. The molecule has 0 saturated carbocycles. The third kappa shape index (κ3) is 2.60. The van der Waals surface area contributed by atoms with E-state index in [0.29, 0.717) is 17.0 Å². The molecule has 106 valence electrons. The Balaban J connectivity index is 1.75. The smallest absolute Gasteiger partial charge is 0.251 e. The van der Waals surface area contributed by atoms with Gasteiger partial charge in [-0.15, -0.1) is 10.2 Å². The van der Waals surface area contributed by atoms with Crippen LogP contribution in [0.4, 0.5) is 4.39 Å². The molecule has 0 unspecified atom stereocenters. The summed E-state index contributed by atoms with van der Waals surface area (Å²) in [7, 11) is 0. The van der Waals surface area contributed by atoms with Crippen molar-refractivity contribution in [2.24, 2.45) is 0 Å². The Morgan fingerprint density at radius 3 is 2.95 bits per heavy atom. The Morgan fingerprint density at radius 2 is 2.14 bits per heavy atom. The SMILES string of the molecule is Cc1ccc(C(=O)NCc2nnc3ccccn23)cc1F. The maximum atomic E-state index is 13.5. The van der Waals surface area contributed by atoms with Gasteiger partial charge in [-0.05, 0) is 36.8 Å². The topological polar surface area (TPSA) is 59.3 Å². The van der Waals surface area contributed by atoms with Gasteiger partial charge in [0, 0.05) is 11.8 Å². The van der Waals surface area contributed by atoms with Crippen molar-refractivity contribution >= 4 is 11.6 Å². The third-order valence-corrected chi connectivity index (χ3v) is 3.23. The summed E-state index contributed by atoms with van der Waals surface area (Å²) >= 11 is 0. The highest BCUT2D eigenvalue weighted by Gasteiger charge is 2.10. The number of halogens is 1. The summed E-state index contributed by atoms with van der Waals surface area (Å²) in [6, 6.07) is 9.95.